The summed E-state index contributed by atoms with van der Waals surface area (Å²) in [7, 11) is -6.62. The molecule has 0 aliphatic heterocycles. The number of nitrogens with zero attached hydrogens (tertiary/aromatic N) is 3. The molecule has 2 heterocycles. The van der Waals surface area contributed by atoms with Crippen molar-refractivity contribution in [2.75, 3.05) is 14.2 Å². The van der Waals surface area contributed by atoms with E-state index in [-0.39, 0.29) is 11.3 Å². The van der Waals surface area contributed by atoms with E-state index < -0.39 is 29.2 Å². The molecule has 9 nitrogen and oxygen atoms in total. The molecule has 0 saturated carbocycles. The highest BCUT2D eigenvalue weighted by atomic mass is 32.2. The second-order valence-electron chi connectivity index (χ2n) is 4.58. The summed E-state index contributed by atoms with van der Waals surface area (Å²) in [6.07, 6.45) is 2.96. The van der Waals surface area contributed by atoms with Gasteiger partial charge in [0.2, 0.25) is 6.29 Å². The van der Waals surface area contributed by atoms with Gasteiger partial charge in [0.05, 0.1) is 0 Å². The molecule has 0 fully saturated rings. The van der Waals surface area contributed by atoms with E-state index in [0.717, 1.165) is 0 Å². The number of hydrogen-bond acceptors (Lipinski definition) is 9. The highest BCUT2D eigenvalue weighted by Crippen LogP contribution is 2.46. The summed E-state index contributed by atoms with van der Waals surface area (Å²) in [6.45, 7) is 0. The third-order valence-electron chi connectivity index (χ3n) is 2.91. The number of alkyl halides is 3. The van der Waals surface area contributed by atoms with Gasteiger partial charge in [-0.1, -0.05) is 0 Å². The molecule has 0 N–H and O–H groups in total. The van der Waals surface area contributed by atoms with Crippen LogP contribution in [0.3, 0.4) is 0 Å². The van der Waals surface area contributed by atoms with Gasteiger partial charge in [-0.25, -0.2) is 0 Å². The lowest BCUT2D eigenvalue weighted by Gasteiger charge is -2.09. The Morgan fingerprint density at radius 2 is 1.81 bits per heavy atom. The first kappa shape index (κ1) is 20.7. The fourth-order valence-electron chi connectivity index (χ4n) is 1.59. The van der Waals surface area contributed by atoms with Gasteiger partial charge in [-0.05, 0) is 11.5 Å². The van der Waals surface area contributed by atoms with Crippen LogP contribution in [0, 0.1) is 0 Å². The highest BCUT2D eigenvalue weighted by Gasteiger charge is 2.49. The molecule has 0 radical (unpaired) electrons. The van der Waals surface area contributed by atoms with Crippen LogP contribution < -0.4 is 8.75 Å². The van der Waals surface area contributed by atoms with Crippen molar-refractivity contribution in [1.29, 1.82) is 0 Å². The second kappa shape index (κ2) is 7.56. The minimum absolute atomic E-state index is 0.0609. The van der Waals surface area contributed by atoms with E-state index in [2.05, 4.69) is 13.5 Å². The van der Waals surface area contributed by atoms with Crippen LogP contribution in [0.5, 0.6) is 6.01 Å². The maximum atomic E-state index is 12.3. The first-order chi connectivity index (χ1) is 12.0. The predicted octanol–water partition coefficient (Wildman–Crippen LogP) is 2.16. The van der Waals surface area contributed by atoms with Crippen molar-refractivity contribution in [3.63, 3.8) is 0 Å². The van der Waals surface area contributed by atoms with Crippen LogP contribution in [-0.4, -0.2) is 37.5 Å². The van der Waals surface area contributed by atoms with Crippen LogP contribution in [0.15, 0.2) is 24.5 Å². The Bertz CT molecular complexity index is 908. The van der Waals surface area contributed by atoms with E-state index in [4.69, 9.17) is 9.05 Å². The summed E-state index contributed by atoms with van der Waals surface area (Å²) in [5, 5.41) is 0.131. The van der Waals surface area contributed by atoms with Crippen LogP contribution in [-0.2, 0) is 30.0 Å². The van der Waals surface area contributed by atoms with Crippen molar-refractivity contribution in [2.45, 2.75) is 11.8 Å². The standard InChI is InChI=1S/C11H12F3N3O6PS2/c1-21-24(18,22-2)7-17-5-3-8(4-6-17)9-15-10(16-25-9)23-26(19,20)11(12,13)14/h3-6H,7H2,1-2H3/q+1. The molecule has 0 amide bonds. The molecule has 2 aromatic rings. The third-order valence-corrected chi connectivity index (χ3v) is 6.37. The average Bonchev–Trinajstić information content (AvgIpc) is 3.02. The molecule has 0 unspecified atom stereocenters. The number of pyridine rings is 1. The zero-order valence-corrected chi connectivity index (χ0v) is 15.7. The third kappa shape index (κ3) is 4.76. The first-order valence-electron chi connectivity index (χ1n) is 6.54. The van der Waals surface area contributed by atoms with E-state index >= 15 is 0 Å². The van der Waals surface area contributed by atoms with Crippen molar-refractivity contribution in [3.05, 3.63) is 24.5 Å². The van der Waals surface area contributed by atoms with Crippen molar-refractivity contribution >= 4 is 29.2 Å². The maximum absolute atomic E-state index is 12.3. The Hall–Kier alpha value is -1.60. The number of hydrogen-bond donors (Lipinski definition) is 0. The van der Waals surface area contributed by atoms with Gasteiger partial charge < -0.3 is 13.2 Å². The lowest BCUT2D eigenvalue weighted by Crippen LogP contribution is -2.32. The largest absolute Gasteiger partial charge is 0.534 e. The van der Waals surface area contributed by atoms with Crippen LogP contribution >= 0.6 is 19.1 Å². The topological polar surface area (TPSA) is 109 Å². The van der Waals surface area contributed by atoms with Gasteiger partial charge in [0.1, 0.15) is 5.01 Å². The average molecular weight is 434 g/mol. The van der Waals surface area contributed by atoms with E-state index in [1.807, 2.05) is 0 Å². The van der Waals surface area contributed by atoms with Gasteiger partial charge in [0.25, 0.3) is 0 Å². The Labute approximate surface area is 150 Å². The molecule has 15 heteroatoms. The van der Waals surface area contributed by atoms with E-state index in [1.54, 1.807) is 0 Å². The van der Waals surface area contributed by atoms with E-state index in [1.165, 1.54) is 43.3 Å². The Morgan fingerprint density at radius 1 is 1.23 bits per heavy atom. The van der Waals surface area contributed by atoms with Gasteiger partial charge in [0, 0.05) is 31.9 Å². The quantitative estimate of drug-likeness (QED) is 0.282. The van der Waals surface area contributed by atoms with Crippen LogP contribution in [0.1, 0.15) is 0 Å². The summed E-state index contributed by atoms with van der Waals surface area (Å²) in [5.41, 5.74) is -5.14. The Morgan fingerprint density at radius 3 is 2.31 bits per heavy atom. The Balaban J connectivity index is 2.16. The zero-order valence-electron chi connectivity index (χ0n) is 13.2. The molecule has 0 aliphatic carbocycles. The molecule has 0 bridgehead atoms. The number of rotatable bonds is 7. The summed E-state index contributed by atoms with van der Waals surface area (Å²) >= 11 is 0.651. The first-order valence-corrected chi connectivity index (χ1v) is 10.4. The summed E-state index contributed by atoms with van der Waals surface area (Å²) in [6, 6.07) is 2.10. The van der Waals surface area contributed by atoms with Crippen molar-refractivity contribution in [3.8, 4) is 16.6 Å². The fourth-order valence-corrected chi connectivity index (χ4v) is 3.57. The summed E-state index contributed by atoms with van der Waals surface area (Å²) in [4.78, 5) is 3.61. The van der Waals surface area contributed by atoms with Gasteiger partial charge in [-0.2, -0.15) is 31.1 Å². The van der Waals surface area contributed by atoms with Gasteiger partial charge >= 0.3 is 29.2 Å². The van der Waals surface area contributed by atoms with E-state index in [0.29, 0.717) is 17.1 Å². The van der Waals surface area contributed by atoms with Gasteiger partial charge in [0.15, 0.2) is 12.4 Å². The molecular weight excluding hydrogens is 422 g/mol. The molecule has 0 atom stereocenters. The van der Waals surface area contributed by atoms with E-state index in [9.17, 15) is 26.2 Å². The molecule has 2 rings (SSSR count). The smallest absolute Gasteiger partial charge is 0.336 e. The monoisotopic (exact) mass is 434 g/mol. The predicted molar refractivity (Wildman–Crippen MR) is 82.8 cm³/mol. The molecule has 0 aromatic carbocycles. The van der Waals surface area contributed by atoms with Gasteiger partial charge in [-0.3, -0.25) is 4.57 Å². The summed E-state index contributed by atoms with van der Waals surface area (Å²) < 4.78 is 89.1. The highest BCUT2D eigenvalue weighted by molar-refractivity contribution is 7.87. The van der Waals surface area contributed by atoms with Crippen molar-refractivity contribution < 1.29 is 44.0 Å². The van der Waals surface area contributed by atoms with Crippen molar-refractivity contribution in [1.82, 2.24) is 9.36 Å². The summed E-state index contributed by atoms with van der Waals surface area (Å²) in [5.74, 6) is 0. The zero-order chi connectivity index (χ0) is 19.6. The van der Waals surface area contributed by atoms with Crippen LogP contribution in [0.25, 0.3) is 10.6 Å². The lowest BCUT2D eigenvalue weighted by molar-refractivity contribution is -0.679. The van der Waals surface area contributed by atoms with Crippen molar-refractivity contribution in [2.24, 2.45) is 0 Å². The normalized spacial score (nSPS) is 13.0. The molecule has 2 aromatic heterocycles. The molecular formula is C11H12F3N3O6PS2+. The number of aromatic nitrogens is 3. The molecule has 0 aliphatic rings. The minimum atomic E-state index is -5.83. The maximum Gasteiger partial charge on any atom is 0.534 e. The molecule has 144 valence electrons. The molecule has 0 spiro atoms. The number of halogens is 3. The molecule has 26 heavy (non-hydrogen) atoms. The fraction of sp³-hybridized carbons (Fsp3) is 0.364. The SMILES string of the molecule is COP(=O)(C[n+]1ccc(-c2nc(OS(=O)(=O)C(F)(F)F)ns2)cc1)OC. The second-order valence-corrected chi connectivity index (χ2v) is 9.11. The van der Waals surface area contributed by atoms with Gasteiger partial charge in [-0.15, -0.1) is 4.37 Å². The molecule has 0 saturated heterocycles. The van der Waals surface area contributed by atoms with Crippen LogP contribution in [0.4, 0.5) is 13.2 Å². The van der Waals surface area contributed by atoms with Crippen LogP contribution in [0.2, 0.25) is 0 Å². The minimum Gasteiger partial charge on any atom is -0.336 e. The Kier molecular flexibility index (Phi) is 6.02. The lowest BCUT2D eigenvalue weighted by atomic mass is 10.3.